The van der Waals surface area contributed by atoms with Crippen molar-refractivity contribution in [3.05, 3.63) is 29.6 Å². The molecular formula is C13H13BrFNO. The minimum atomic E-state index is -0.290. The van der Waals surface area contributed by atoms with E-state index in [9.17, 15) is 4.39 Å². The van der Waals surface area contributed by atoms with Gasteiger partial charge in [0.1, 0.15) is 11.6 Å². The molecule has 0 aliphatic heterocycles. The highest BCUT2D eigenvalue weighted by atomic mass is 79.9. The third-order valence-electron chi connectivity index (χ3n) is 3.04. The van der Waals surface area contributed by atoms with Crippen LogP contribution in [-0.4, -0.2) is 6.61 Å². The molecule has 0 radical (unpaired) electrons. The zero-order valence-corrected chi connectivity index (χ0v) is 11.0. The van der Waals surface area contributed by atoms with Crippen molar-refractivity contribution in [2.45, 2.75) is 24.6 Å². The maximum absolute atomic E-state index is 13.2. The van der Waals surface area contributed by atoms with Crippen molar-refractivity contribution in [2.75, 3.05) is 6.61 Å². The first-order valence-corrected chi connectivity index (χ1v) is 6.65. The summed E-state index contributed by atoms with van der Waals surface area (Å²) >= 11 is 3.29. The lowest BCUT2D eigenvalue weighted by Crippen LogP contribution is -2.12. The molecule has 1 saturated carbocycles. The van der Waals surface area contributed by atoms with Gasteiger partial charge in [-0.2, -0.15) is 5.26 Å². The molecule has 0 bridgehead atoms. The Morgan fingerprint density at radius 2 is 2.18 bits per heavy atom. The summed E-state index contributed by atoms with van der Waals surface area (Å²) in [4.78, 5) is 0. The van der Waals surface area contributed by atoms with Gasteiger partial charge in [-0.3, -0.25) is 0 Å². The van der Waals surface area contributed by atoms with E-state index in [1.807, 2.05) is 6.07 Å². The van der Waals surface area contributed by atoms with Crippen molar-refractivity contribution in [1.29, 1.82) is 5.26 Å². The van der Waals surface area contributed by atoms with Gasteiger partial charge in [-0.25, -0.2) is 4.39 Å². The number of nitriles is 1. The molecule has 0 saturated heterocycles. The molecule has 0 aromatic heterocycles. The van der Waals surface area contributed by atoms with Crippen LogP contribution in [0.3, 0.4) is 0 Å². The first-order valence-electron chi connectivity index (χ1n) is 5.53. The normalized spacial score (nSPS) is 16.3. The smallest absolute Gasteiger partial charge is 0.127 e. The van der Waals surface area contributed by atoms with E-state index in [0.29, 0.717) is 24.1 Å². The molecule has 0 N–H and O–H groups in total. The van der Waals surface area contributed by atoms with Crippen LogP contribution in [0.5, 0.6) is 5.75 Å². The Kier molecular flexibility index (Phi) is 3.68. The fourth-order valence-electron chi connectivity index (χ4n) is 1.73. The number of nitrogens with zero attached hydrogens (tertiary/aromatic N) is 1. The van der Waals surface area contributed by atoms with Crippen molar-refractivity contribution >= 4 is 15.9 Å². The maximum Gasteiger partial charge on any atom is 0.127 e. The largest absolute Gasteiger partial charge is 0.493 e. The van der Waals surface area contributed by atoms with E-state index < -0.39 is 0 Å². The molecule has 1 fully saturated rings. The van der Waals surface area contributed by atoms with Gasteiger partial charge in [-0.05, 0) is 30.5 Å². The van der Waals surface area contributed by atoms with Crippen molar-refractivity contribution in [1.82, 2.24) is 0 Å². The summed E-state index contributed by atoms with van der Waals surface area (Å²) in [6.45, 7) is 0.506. The topological polar surface area (TPSA) is 33.0 Å². The highest BCUT2D eigenvalue weighted by Gasteiger charge is 2.43. The van der Waals surface area contributed by atoms with Gasteiger partial charge in [0.15, 0.2) is 0 Å². The Labute approximate surface area is 109 Å². The van der Waals surface area contributed by atoms with Crippen molar-refractivity contribution in [3.8, 4) is 11.8 Å². The van der Waals surface area contributed by atoms with Gasteiger partial charge < -0.3 is 4.74 Å². The average Bonchev–Trinajstić information content (AvgIpc) is 3.07. The second-order valence-electron chi connectivity index (χ2n) is 4.55. The summed E-state index contributed by atoms with van der Waals surface area (Å²) in [5, 5.41) is 9.30. The Balaban J connectivity index is 1.99. The molecule has 0 atom stereocenters. The molecule has 1 aromatic carbocycles. The predicted octanol–water partition coefficient (Wildman–Crippen LogP) is 3.79. The van der Waals surface area contributed by atoms with Crippen LogP contribution < -0.4 is 4.74 Å². The Morgan fingerprint density at radius 3 is 2.76 bits per heavy atom. The average molecular weight is 298 g/mol. The molecule has 0 unspecified atom stereocenters. The first-order chi connectivity index (χ1) is 8.17. The van der Waals surface area contributed by atoms with Gasteiger partial charge in [0.25, 0.3) is 0 Å². The van der Waals surface area contributed by atoms with E-state index in [-0.39, 0.29) is 11.2 Å². The van der Waals surface area contributed by atoms with Gasteiger partial charge in [-0.15, -0.1) is 0 Å². The second-order valence-corrected chi connectivity index (χ2v) is 5.11. The van der Waals surface area contributed by atoms with E-state index in [2.05, 4.69) is 22.0 Å². The zero-order chi connectivity index (χ0) is 12.3. The summed E-state index contributed by atoms with van der Waals surface area (Å²) in [6, 6.07) is 6.86. The van der Waals surface area contributed by atoms with Gasteiger partial charge in [0.05, 0.1) is 12.7 Å². The standard InChI is InChI=1S/C13H13BrFNO/c14-8-10-5-11(15)7-12(6-10)17-9-13(1-2-13)3-4-16/h5-7H,1-3,8-9H2. The van der Waals surface area contributed by atoms with Crippen LogP contribution in [-0.2, 0) is 5.33 Å². The van der Waals surface area contributed by atoms with E-state index in [4.69, 9.17) is 10.00 Å². The Hall–Kier alpha value is -1.08. The van der Waals surface area contributed by atoms with Crippen LogP contribution in [0.25, 0.3) is 0 Å². The van der Waals surface area contributed by atoms with E-state index in [1.165, 1.54) is 12.1 Å². The maximum atomic E-state index is 13.2. The predicted molar refractivity (Wildman–Crippen MR) is 66.4 cm³/mol. The van der Waals surface area contributed by atoms with E-state index in [1.54, 1.807) is 0 Å². The first kappa shape index (κ1) is 12.4. The van der Waals surface area contributed by atoms with Crippen LogP contribution in [0.15, 0.2) is 18.2 Å². The van der Waals surface area contributed by atoms with Crippen molar-refractivity contribution in [3.63, 3.8) is 0 Å². The molecule has 2 nitrogen and oxygen atoms in total. The molecule has 0 amide bonds. The third kappa shape index (κ3) is 3.19. The van der Waals surface area contributed by atoms with Gasteiger partial charge in [0, 0.05) is 23.2 Å². The lowest BCUT2D eigenvalue weighted by atomic mass is 10.1. The molecule has 4 heteroatoms. The summed E-state index contributed by atoms with van der Waals surface area (Å²) in [6.07, 6.45) is 2.58. The van der Waals surface area contributed by atoms with Crippen molar-refractivity contribution in [2.24, 2.45) is 5.41 Å². The summed E-state index contributed by atoms with van der Waals surface area (Å²) in [5.74, 6) is 0.255. The van der Waals surface area contributed by atoms with Crippen LogP contribution in [0.4, 0.5) is 4.39 Å². The summed E-state index contributed by atoms with van der Waals surface area (Å²) in [5.41, 5.74) is 0.875. The van der Waals surface area contributed by atoms with Crippen LogP contribution in [0.1, 0.15) is 24.8 Å². The number of rotatable bonds is 5. The third-order valence-corrected chi connectivity index (χ3v) is 3.69. The molecule has 1 aliphatic carbocycles. The number of hydrogen-bond donors (Lipinski definition) is 0. The van der Waals surface area contributed by atoms with E-state index in [0.717, 1.165) is 18.4 Å². The van der Waals surface area contributed by atoms with E-state index >= 15 is 0 Å². The van der Waals surface area contributed by atoms with Gasteiger partial charge in [0.2, 0.25) is 0 Å². The zero-order valence-electron chi connectivity index (χ0n) is 9.38. The van der Waals surface area contributed by atoms with Crippen molar-refractivity contribution < 1.29 is 9.13 Å². The summed E-state index contributed by atoms with van der Waals surface area (Å²) < 4.78 is 18.8. The molecule has 17 heavy (non-hydrogen) atoms. The minimum absolute atomic E-state index is 0.0234. The SMILES string of the molecule is N#CCC1(COc2cc(F)cc(CBr)c2)CC1. The fraction of sp³-hybridized carbons (Fsp3) is 0.462. The van der Waals surface area contributed by atoms with Gasteiger partial charge in [-0.1, -0.05) is 15.9 Å². The molecule has 0 heterocycles. The van der Waals surface area contributed by atoms with Crippen LogP contribution in [0, 0.1) is 22.6 Å². The quantitative estimate of drug-likeness (QED) is 0.775. The highest BCUT2D eigenvalue weighted by Crippen LogP contribution is 2.48. The molecule has 1 aliphatic rings. The monoisotopic (exact) mass is 297 g/mol. The number of halogens is 2. The van der Waals surface area contributed by atoms with Crippen LogP contribution >= 0.6 is 15.9 Å². The molecule has 90 valence electrons. The lowest BCUT2D eigenvalue weighted by Gasteiger charge is -2.13. The van der Waals surface area contributed by atoms with Crippen LogP contribution in [0.2, 0.25) is 0 Å². The number of benzene rings is 1. The highest BCUT2D eigenvalue weighted by molar-refractivity contribution is 9.08. The molecule has 2 rings (SSSR count). The number of ether oxygens (including phenoxy) is 1. The number of hydrogen-bond acceptors (Lipinski definition) is 2. The van der Waals surface area contributed by atoms with Gasteiger partial charge >= 0.3 is 0 Å². The lowest BCUT2D eigenvalue weighted by molar-refractivity contribution is 0.236. The second kappa shape index (κ2) is 5.05. The summed E-state index contributed by atoms with van der Waals surface area (Å²) in [7, 11) is 0. The molecule has 0 spiro atoms. The minimum Gasteiger partial charge on any atom is -0.493 e. The molecule has 1 aromatic rings. The number of alkyl halides is 1. The Morgan fingerprint density at radius 1 is 1.41 bits per heavy atom. The molecular weight excluding hydrogens is 285 g/mol. The fourth-order valence-corrected chi connectivity index (χ4v) is 2.06. The Bertz CT molecular complexity index is 451.